The topological polar surface area (TPSA) is 197 Å². The molecule has 1 spiro atoms. The number of rotatable bonds is 5. The van der Waals surface area contributed by atoms with Crippen molar-refractivity contribution in [2.45, 2.75) is 165 Å². The molecule has 13 nitrogen and oxygen atoms in total. The molecule has 22 atom stereocenters. The lowest BCUT2D eigenvalue weighted by molar-refractivity contribution is -0.336. The minimum Gasteiger partial charge on any atom is -0.390 e. The van der Waals surface area contributed by atoms with Crippen LogP contribution in [0.4, 0.5) is 0 Å². The smallest absolute Gasteiger partial charge is 0.187 e. The molecule has 4 heterocycles. The monoisotopic (exact) mass is 726 g/mol. The van der Waals surface area contributed by atoms with Crippen LogP contribution in [0.3, 0.4) is 0 Å². The van der Waals surface area contributed by atoms with Crippen molar-refractivity contribution < 1.29 is 64.2 Å². The lowest BCUT2D eigenvalue weighted by Gasteiger charge is -2.62. The summed E-state index contributed by atoms with van der Waals surface area (Å²) in [4.78, 5) is 0. The maximum absolute atomic E-state index is 11.7. The van der Waals surface area contributed by atoms with Gasteiger partial charge in [0.05, 0.1) is 38.1 Å². The van der Waals surface area contributed by atoms with Crippen LogP contribution in [0.25, 0.3) is 0 Å². The largest absolute Gasteiger partial charge is 0.390 e. The van der Waals surface area contributed by atoms with E-state index in [1.807, 2.05) is 0 Å². The second-order valence-electron chi connectivity index (χ2n) is 18.5. The summed E-state index contributed by atoms with van der Waals surface area (Å²) in [6.07, 6.45) is -5.09. The van der Waals surface area contributed by atoms with Gasteiger partial charge in [-0.25, -0.2) is 0 Å². The van der Waals surface area contributed by atoms with E-state index in [9.17, 15) is 35.7 Å². The van der Waals surface area contributed by atoms with E-state index in [2.05, 4.69) is 27.7 Å². The van der Waals surface area contributed by atoms with E-state index < -0.39 is 73.3 Å². The molecule has 4 aliphatic heterocycles. The Hall–Kier alpha value is -0.520. The van der Waals surface area contributed by atoms with Gasteiger partial charge in [-0.2, -0.15) is 0 Å². The Labute approximate surface area is 300 Å². The quantitative estimate of drug-likeness (QED) is 0.199. The molecule has 0 bridgehead atoms. The minimum atomic E-state index is -1.61. The zero-order valence-corrected chi connectivity index (χ0v) is 30.5. The van der Waals surface area contributed by atoms with E-state index in [0.29, 0.717) is 54.3 Å². The number of ether oxygens (including phenoxy) is 6. The van der Waals surface area contributed by atoms with Crippen LogP contribution < -0.4 is 0 Å². The highest BCUT2D eigenvalue weighted by molar-refractivity contribution is 5.16. The lowest BCUT2D eigenvalue weighted by atomic mass is 9.44. The van der Waals surface area contributed by atoms with Gasteiger partial charge in [0.15, 0.2) is 18.4 Å². The zero-order chi connectivity index (χ0) is 36.2. The van der Waals surface area contributed by atoms with Crippen molar-refractivity contribution in [2.75, 3.05) is 19.8 Å². The number of aliphatic hydroxyl groups is 7. The normalized spacial score (nSPS) is 59.9. The molecule has 7 N–H and O–H groups in total. The van der Waals surface area contributed by atoms with Crippen LogP contribution in [0.1, 0.15) is 85.5 Å². The van der Waals surface area contributed by atoms with E-state index in [0.717, 1.165) is 51.6 Å². The summed E-state index contributed by atoms with van der Waals surface area (Å²) in [5, 5.41) is 73.8. The van der Waals surface area contributed by atoms with E-state index in [1.165, 1.54) is 0 Å². The Morgan fingerprint density at radius 1 is 0.725 bits per heavy atom. The maximum atomic E-state index is 11.7. The number of aliphatic hydroxyl groups excluding tert-OH is 7. The second-order valence-corrected chi connectivity index (χ2v) is 18.5. The van der Waals surface area contributed by atoms with Crippen LogP contribution in [-0.4, -0.2) is 135 Å². The van der Waals surface area contributed by atoms with Crippen LogP contribution in [0, 0.1) is 52.3 Å². The van der Waals surface area contributed by atoms with Crippen molar-refractivity contribution in [1.29, 1.82) is 0 Å². The number of hydrogen-bond acceptors (Lipinski definition) is 13. The molecule has 0 aromatic carbocycles. The standard InChI is InChI=1S/C38H62O13/c1-17-7-10-38(48-14-17)18(2)28-26(51-38)12-22-20-6-5-19-11-25(23(39)13-37(19,4)21(20)8-9-36(22,28)3)49-35-33(45)31(43)30(42)27(50-35)16-47-34-32(44)29(41)24(40)15-46-34/h17-35,39-45H,5-16H2,1-4H3/t17-,18-,19-,20+,21-,22-,23+,24+,25+,26-,27+,28-,29-,30+,31-,32+,33+,34-,35+,36-,37-,38+/m0/s1. The Kier molecular flexibility index (Phi) is 9.97. The fraction of sp³-hybridized carbons (Fsp3) is 1.00. The third-order valence-corrected chi connectivity index (χ3v) is 15.8. The average Bonchev–Trinajstić information content (AvgIpc) is 3.54. The van der Waals surface area contributed by atoms with Crippen LogP contribution in [0.15, 0.2) is 0 Å². The molecule has 292 valence electrons. The molecule has 13 heteroatoms. The van der Waals surface area contributed by atoms with Crippen molar-refractivity contribution >= 4 is 0 Å². The van der Waals surface area contributed by atoms with Crippen LogP contribution in [-0.2, 0) is 28.4 Å². The number of fused-ring (bicyclic) bond motifs is 7. The molecular formula is C38H62O13. The van der Waals surface area contributed by atoms with Crippen LogP contribution in [0.5, 0.6) is 0 Å². The van der Waals surface area contributed by atoms with Gasteiger partial charge in [0, 0.05) is 12.3 Å². The summed E-state index contributed by atoms with van der Waals surface area (Å²) in [6, 6.07) is 0. The van der Waals surface area contributed by atoms with Gasteiger partial charge >= 0.3 is 0 Å². The first-order chi connectivity index (χ1) is 24.2. The van der Waals surface area contributed by atoms with Gasteiger partial charge < -0.3 is 64.2 Å². The van der Waals surface area contributed by atoms with Gasteiger partial charge in [-0.1, -0.05) is 27.7 Å². The van der Waals surface area contributed by atoms with Gasteiger partial charge in [-0.15, -0.1) is 0 Å². The fourth-order valence-electron chi connectivity index (χ4n) is 12.9. The minimum absolute atomic E-state index is 0.0609. The Bertz CT molecular complexity index is 1250. The third kappa shape index (κ3) is 5.99. The second kappa shape index (κ2) is 13.6. The van der Waals surface area contributed by atoms with Gasteiger partial charge in [-0.05, 0) is 97.7 Å². The van der Waals surface area contributed by atoms with E-state index in [4.69, 9.17) is 28.4 Å². The highest BCUT2D eigenvalue weighted by Crippen LogP contribution is 2.71. The summed E-state index contributed by atoms with van der Waals surface area (Å²) < 4.78 is 36.5. The summed E-state index contributed by atoms with van der Waals surface area (Å²) in [6.45, 7) is 9.72. The van der Waals surface area contributed by atoms with E-state index in [1.54, 1.807) is 0 Å². The lowest BCUT2D eigenvalue weighted by Crippen LogP contribution is -2.62. The highest BCUT2D eigenvalue weighted by atomic mass is 16.7. The van der Waals surface area contributed by atoms with Crippen LogP contribution >= 0.6 is 0 Å². The molecule has 0 aromatic heterocycles. The maximum Gasteiger partial charge on any atom is 0.187 e. The molecule has 8 rings (SSSR count). The van der Waals surface area contributed by atoms with Crippen molar-refractivity contribution in [3.63, 3.8) is 0 Å². The summed E-state index contributed by atoms with van der Waals surface area (Å²) in [7, 11) is 0. The Morgan fingerprint density at radius 2 is 1.49 bits per heavy atom. The first kappa shape index (κ1) is 37.4. The average molecular weight is 727 g/mol. The molecule has 4 saturated heterocycles. The Balaban J connectivity index is 0.909. The fourth-order valence-corrected chi connectivity index (χ4v) is 12.9. The molecule has 0 amide bonds. The van der Waals surface area contributed by atoms with Gasteiger partial charge in [0.2, 0.25) is 0 Å². The van der Waals surface area contributed by atoms with Crippen molar-refractivity contribution in [2.24, 2.45) is 52.3 Å². The summed E-state index contributed by atoms with van der Waals surface area (Å²) in [5.41, 5.74) is 0.153. The first-order valence-corrected chi connectivity index (χ1v) is 19.8. The molecule has 51 heavy (non-hydrogen) atoms. The molecule has 8 aliphatic rings. The van der Waals surface area contributed by atoms with Gasteiger partial charge in [-0.3, -0.25) is 0 Å². The van der Waals surface area contributed by atoms with E-state index in [-0.39, 0.29) is 30.1 Å². The van der Waals surface area contributed by atoms with Gasteiger partial charge in [0.25, 0.3) is 0 Å². The Morgan fingerprint density at radius 3 is 2.24 bits per heavy atom. The summed E-state index contributed by atoms with van der Waals surface area (Å²) in [5.74, 6) is 3.01. The van der Waals surface area contributed by atoms with Crippen molar-refractivity contribution in [1.82, 2.24) is 0 Å². The molecule has 0 unspecified atom stereocenters. The van der Waals surface area contributed by atoms with Crippen molar-refractivity contribution in [3.8, 4) is 0 Å². The predicted octanol–water partition coefficient (Wildman–Crippen LogP) is 1.05. The SMILES string of the molecule is C[C@H]1CC[C@@]2(OC1)O[C@H]1C[C@H]3[C@@H]4CC[C@H]5C[C@@H](O[C@@H]6O[C@H](CO[C@@H]7OC[C@@H](O)[C@H](O)[C@H]7O)[C@@H](O)[C@H](O)[C@H]6O)[C@H](O)C[C@]5(C)[C@H]4CC[C@]3(C)[C@H]1[C@@H]2C. The predicted molar refractivity (Wildman–Crippen MR) is 178 cm³/mol. The zero-order valence-electron chi connectivity index (χ0n) is 30.5. The van der Waals surface area contributed by atoms with Crippen LogP contribution in [0.2, 0.25) is 0 Å². The van der Waals surface area contributed by atoms with Gasteiger partial charge in [0.1, 0.15) is 42.7 Å². The molecule has 4 aliphatic carbocycles. The summed E-state index contributed by atoms with van der Waals surface area (Å²) >= 11 is 0. The number of hydrogen-bond donors (Lipinski definition) is 7. The molecule has 8 fully saturated rings. The van der Waals surface area contributed by atoms with E-state index >= 15 is 0 Å². The highest BCUT2D eigenvalue weighted by Gasteiger charge is 2.69. The molecule has 4 saturated carbocycles. The molecule has 0 aromatic rings. The first-order valence-electron chi connectivity index (χ1n) is 19.8. The van der Waals surface area contributed by atoms with Crippen molar-refractivity contribution in [3.05, 3.63) is 0 Å². The third-order valence-electron chi connectivity index (χ3n) is 15.8. The molecular weight excluding hydrogens is 664 g/mol. The molecule has 0 radical (unpaired) electrons.